The molecule has 1 amide bonds. The van der Waals surface area contributed by atoms with E-state index in [1.54, 1.807) is 0 Å². The van der Waals surface area contributed by atoms with Crippen LogP contribution in [0, 0.1) is 0 Å². The van der Waals surface area contributed by atoms with Crippen LogP contribution in [0.25, 0.3) is 0 Å². The van der Waals surface area contributed by atoms with Crippen LogP contribution in [0.2, 0.25) is 0 Å². The molecule has 12 heavy (non-hydrogen) atoms. The fraction of sp³-hybridized carbons (Fsp3) is 0.875. The van der Waals surface area contributed by atoms with E-state index in [2.05, 4.69) is 0 Å². The molecule has 1 atom stereocenters. The molecule has 0 bridgehead atoms. The van der Waals surface area contributed by atoms with Gasteiger partial charge in [-0.15, -0.1) is 0 Å². The van der Waals surface area contributed by atoms with Crippen LogP contribution in [0.5, 0.6) is 0 Å². The molecule has 0 aromatic heterocycles. The van der Waals surface area contributed by atoms with Crippen molar-refractivity contribution in [3.8, 4) is 0 Å². The lowest BCUT2D eigenvalue weighted by Crippen LogP contribution is -2.46. The van der Waals surface area contributed by atoms with E-state index in [9.17, 15) is 4.79 Å². The smallest absolute Gasteiger partial charge is 0.407 e. The maximum Gasteiger partial charge on any atom is 0.407 e. The van der Waals surface area contributed by atoms with E-state index < -0.39 is 6.09 Å². The molecule has 4 nitrogen and oxygen atoms in total. The van der Waals surface area contributed by atoms with Crippen molar-refractivity contribution >= 4 is 6.09 Å². The number of carboxylic acid groups (broad SMARTS) is 1. The molecule has 0 aliphatic carbocycles. The van der Waals surface area contributed by atoms with E-state index in [0.29, 0.717) is 13.2 Å². The summed E-state index contributed by atoms with van der Waals surface area (Å²) in [5.74, 6) is 0. The maximum atomic E-state index is 10.8. The van der Waals surface area contributed by atoms with Crippen LogP contribution < -0.4 is 0 Å². The largest absolute Gasteiger partial charge is 0.465 e. The maximum absolute atomic E-state index is 10.8. The highest BCUT2D eigenvalue weighted by Crippen LogP contribution is 2.18. The van der Waals surface area contributed by atoms with Gasteiger partial charge in [0, 0.05) is 5.54 Å². The van der Waals surface area contributed by atoms with Crippen molar-refractivity contribution in [1.29, 1.82) is 0 Å². The Labute approximate surface area is 72.1 Å². The van der Waals surface area contributed by atoms with Crippen molar-refractivity contribution in [2.24, 2.45) is 0 Å². The average Bonchev–Trinajstić information content (AvgIpc) is 2.61. The molecule has 4 heteroatoms. The van der Waals surface area contributed by atoms with Crippen LogP contribution in [0.4, 0.5) is 4.79 Å². The molecule has 1 heterocycles. The van der Waals surface area contributed by atoms with Crippen LogP contribution in [-0.2, 0) is 4.74 Å². The summed E-state index contributed by atoms with van der Waals surface area (Å²) in [5, 5.41) is 8.86. The van der Waals surface area contributed by atoms with Crippen LogP contribution >= 0.6 is 0 Å². The fourth-order valence-corrected chi connectivity index (χ4v) is 1.02. The highest BCUT2D eigenvalue weighted by atomic mass is 16.6. The third-order valence-corrected chi connectivity index (χ3v) is 1.83. The summed E-state index contributed by atoms with van der Waals surface area (Å²) < 4.78 is 4.98. The molecule has 0 radical (unpaired) electrons. The van der Waals surface area contributed by atoms with Crippen LogP contribution in [0.15, 0.2) is 0 Å². The lowest BCUT2D eigenvalue weighted by Gasteiger charge is -2.32. The normalized spacial score (nSPS) is 22.1. The van der Waals surface area contributed by atoms with Crippen molar-refractivity contribution in [2.45, 2.75) is 32.4 Å². The Kier molecular flexibility index (Phi) is 2.28. The van der Waals surface area contributed by atoms with Crippen molar-refractivity contribution in [3.63, 3.8) is 0 Å². The second-order valence-electron chi connectivity index (χ2n) is 4.02. The number of amides is 1. The summed E-state index contributed by atoms with van der Waals surface area (Å²) >= 11 is 0. The lowest BCUT2D eigenvalue weighted by atomic mass is 10.1. The van der Waals surface area contributed by atoms with Crippen molar-refractivity contribution < 1.29 is 14.6 Å². The quantitative estimate of drug-likeness (QED) is 0.637. The Morgan fingerprint density at radius 2 is 2.17 bits per heavy atom. The number of ether oxygens (including phenoxy) is 1. The van der Waals surface area contributed by atoms with Crippen LogP contribution in [0.1, 0.15) is 20.8 Å². The zero-order valence-electron chi connectivity index (χ0n) is 7.70. The topological polar surface area (TPSA) is 53.1 Å². The summed E-state index contributed by atoms with van der Waals surface area (Å²) in [4.78, 5) is 12.2. The van der Waals surface area contributed by atoms with E-state index in [1.165, 1.54) is 4.90 Å². The highest BCUT2D eigenvalue weighted by Gasteiger charge is 2.33. The molecule has 1 rings (SSSR count). The van der Waals surface area contributed by atoms with Crippen molar-refractivity contribution in [1.82, 2.24) is 4.90 Å². The summed E-state index contributed by atoms with van der Waals surface area (Å²) in [6, 6.07) is 0. The second kappa shape index (κ2) is 2.94. The summed E-state index contributed by atoms with van der Waals surface area (Å²) in [7, 11) is 0. The van der Waals surface area contributed by atoms with Gasteiger partial charge in [-0.2, -0.15) is 0 Å². The number of epoxide rings is 1. The number of nitrogens with zero attached hydrogens (tertiary/aromatic N) is 1. The molecule has 1 fully saturated rings. The van der Waals surface area contributed by atoms with Gasteiger partial charge >= 0.3 is 6.09 Å². The van der Waals surface area contributed by atoms with Crippen molar-refractivity contribution in [3.05, 3.63) is 0 Å². The minimum Gasteiger partial charge on any atom is -0.465 e. The first-order valence-electron chi connectivity index (χ1n) is 4.03. The molecule has 0 unspecified atom stereocenters. The molecular formula is C8H15NO3. The van der Waals surface area contributed by atoms with Gasteiger partial charge in [-0.05, 0) is 20.8 Å². The van der Waals surface area contributed by atoms with Gasteiger partial charge in [0.15, 0.2) is 0 Å². The molecule has 0 spiro atoms. The lowest BCUT2D eigenvalue weighted by molar-refractivity contribution is 0.0948. The monoisotopic (exact) mass is 173 g/mol. The van der Waals surface area contributed by atoms with Gasteiger partial charge in [0.25, 0.3) is 0 Å². The van der Waals surface area contributed by atoms with Crippen molar-refractivity contribution in [2.75, 3.05) is 13.2 Å². The van der Waals surface area contributed by atoms with E-state index in [0.717, 1.165) is 0 Å². The van der Waals surface area contributed by atoms with Gasteiger partial charge in [0.1, 0.15) is 0 Å². The van der Waals surface area contributed by atoms with Crippen LogP contribution in [-0.4, -0.2) is 40.9 Å². The molecule has 70 valence electrons. The Hall–Kier alpha value is -0.770. The molecule has 1 N–H and O–H groups in total. The summed E-state index contributed by atoms with van der Waals surface area (Å²) in [6.45, 7) is 6.81. The van der Waals surface area contributed by atoms with Gasteiger partial charge in [0.05, 0.1) is 19.3 Å². The fourth-order valence-electron chi connectivity index (χ4n) is 1.02. The molecule has 1 aliphatic rings. The highest BCUT2D eigenvalue weighted by molar-refractivity contribution is 5.66. The van der Waals surface area contributed by atoms with Gasteiger partial charge in [0.2, 0.25) is 0 Å². The third kappa shape index (κ3) is 2.37. The van der Waals surface area contributed by atoms with Gasteiger partial charge < -0.3 is 14.7 Å². The average molecular weight is 173 g/mol. The number of hydrogen-bond donors (Lipinski definition) is 1. The molecule has 0 saturated carbocycles. The van der Waals surface area contributed by atoms with E-state index in [1.807, 2.05) is 20.8 Å². The minimum absolute atomic E-state index is 0.125. The predicted molar refractivity (Wildman–Crippen MR) is 44.2 cm³/mol. The standard InChI is InChI=1S/C8H15NO3/c1-8(2,3)9(7(10)11)4-6-5-12-6/h6H,4-5H2,1-3H3,(H,10,11)/t6-/m0/s1. The van der Waals surface area contributed by atoms with Crippen LogP contribution in [0.3, 0.4) is 0 Å². The van der Waals surface area contributed by atoms with Gasteiger partial charge in [-0.3, -0.25) is 0 Å². The first-order valence-corrected chi connectivity index (χ1v) is 4.03. The van der Waals surface area contributed by atoms with E-state index in [-0.39, 0.29) is 11.6 Å². The SMILES string of the molecule is CC(C)(C)N(C[C@H]1CO1)C(=O)O. The Morgan fingerprint density at radius 1 is 1.67 bits per heavy atom. The van der Waals surface area contributed by atoms with Gasteiger partial charge in [-0.25, -0.2) is 4.79 Å². The molecule has 0 aromatic carbocycles. The summed E-state index contributed by atoms with van der Waals surface area (Å²) in [5.41, 5.74) is -0.336. The Morgan fingerprint density at radius 3 is 2.42 bits per heavy atom. The molecule has 0 aromatic rings. The third-order valence-electron chi connectivity index (χ3n) is 1.83. The minimum atomic E-state index is -0.877. The van der Waals surface area contributed by atoms with Gasteiger partial charge in [-0.1, -0.05) is 0 Å². The second-order valence-corrected chi connectivity index (χ2v) is 4.02. The number of hydrogen-bond acceptors (Lipinski definition) is 2. The number of rotatable bonds is 2. The molecule has 1 saturated heterocycles. The predicted octanol–water partition coefficient (Wildman–Crippen LogP) is 1.16. The van der Waals surface area contributed by atoms with E-state index >= 15 is 0 Å². The first-order chi connectivity index (χ1) is 5.41. The Bertz CT molecular complexity index is 181. The number of carbonyl (C=O) groups is 1. The van der Waals surface area contributed by atoms with E-state index in [4.69, 9.17) is 9.84 Å². The zero-order chi connectivity index (χ0) is 9.35. The zero-order valence-corrected chi connectivity index (χ0v) is 7.70. The first kappa shape index (κ1) is 9.32. The Balaban J connectivity index is 2.53. The molecular weight excluding hydrogens is 158 g/mol. The molecule has 1 aliphatic heterocycles. The summed E-state index contributed by atoms with van der Waals surface area (Å²) in [6.07, 6.45) is -0.752.